The average Bonchev–Trinajstić information content (AvgIpc) is 3.87. The van der Waals surface area contributed by atoms with E-state index in [-0.39, 0.29) is 11.8 Å². The summed E-state index contributed by atoms with van der Waals surface area (Å²) in [5.41, 5.74) is 18.7. The first kappa shape index (κ1) is 37.7. The second-order valence-electron chi connectivity index (χ2n) is 16.8. The van der Waals surface area contributed by atoms with Crippen molar-refractivity contribution in [2.75, 3.05) is 0 Å². The van der Waals surface area contributed by atoms with Gasteiger partial charge in [-0.15, -0.1) is 0 Å². The summed E-state index contributed by atoms with van der Waals surface area (Å²) in [6, 6.07) is 57.7. The summed E-state index contributed by atoms with van der Waals surface area (Å²) in [5.74, 6) is 1.17. The van der Waals surface area contributed by atoms with E-state index in [1.807, 2.05) is 12.4 Å². The lowest BCUT2D eigenvalue weighted by Crippen LogP contribution is -2.23. The molecule has 0 amide bonds. The van der Waals surface area contributed by atoms with E-state index < -0.39 is 0 Å². The summed E-state index contributed by atoms with van der Waals surface area (Å²) in [6.45, 7) is 4.22. The fraction of sp³-hybridized carbons (Fsp3) is 0.0667. The molecule has 4 heteroatoms. The van der Waals surface area contributed by atoms with Gasteiger partial charge in [0.15, 0.2) is 0 Å². The van der Waals surface area contributed by atoms with E-state index >= 15 is 0 Å². The first-order valence-electron chi connectivity index (χ1n) is 22.1. The molecule has 0 saturated heterocycles. The molecule has 4 nitrogen and oxygen atoms in total. The topological polar surface area (TPSA) is 43.9 Å². The van der Waals surface area contributed by atoms with Crippen LogP contribution in [0.4, 0.5) is 0 Å². The third kappa shape index (κ3) is 5.98. The van der Waals surface area contributed by atoms with Gasteiger partial charge in [0.05, 0.1) is 23.6 Å². The van der Waals surface area contributed by atoms with Crippen LogP contribution in [0.3, 0.4) is 0 Å². The van der Waals surface area contributed by atoms with Crippen LogP contribution >= 0.6 is 0 Å². The van der Waals surface area contributed by atoms with E-state index in [0.29, 0.717) is 0 Å². The summed E-state index contributed by atoms with van der Waals surface area (Å²) in [7, 11) is 0. The van der Waals surface area contributed by atoms with Gasteiger partial charge in [-0.2, -0.15) is 0 Å². The second-order valence-corrected chi connectivity index (χ2v) is 16.8. The molecule has 0 aliphatic heterocycles. The molecule has 0 fully saturated rings. The number of rotatable bonds is 7. The quantitative estimate of drug-likeness (QED) is 0.161. The van der Waals surface area contributed by atoms with Gasteiger partial charge in [-0.3, -0.25) is 0 Å². The van der Waals surface area contributed by atoms with Crippen molar-refractivity contribution >= 4 is 44.3 Å². The predicted molar refractivity (Wildman–Crippen MR) is 264 cm³/mol. The van der Waals surface area contributed by atoms with Crippen molar-refractivity contribution < 1.29 is 4.42 Å². The van der Waals surface area contributed by atoms with E-state index in [1.54, 1.807) is 6.33 Å². The number of allylic oxidation sites excluding steroid dienone is 6. The Kier molecular flexibility index (Phi) is 9.05. The summed E-state index contributed by atoms with van der Waals surface area (Å²) in [6.07, 6.45) is 18.8. The van der Waals surface area contributed by atoms with Gasteiger partial charge >= 0.3 is 0 Å². The van der Waals surface area contributed by atoms with Crippen LogP contribution in [0.15, 0.2) is 217 Å². The van der Waals surface area contributed by atoms with Crippen LogP contribution in [-0.2, 0) is 0 Å². The van der Waals surface area contributed by atoms with Crippen LogP contribution in [0.5, 0.6) is 0 Å². The van der Waals surface area contributed by atoms with E-state index in [2.05, 4.69) is 223 Å². The molecule has 0 spiro atoms. The van der Waals surface area contributed by atoms with E-state index in [0.717, 1.165) is 55.7 Å². The Balaban J connectivity index is 1.05. The van der Waals surface area contributed by atoms with E-state index in [4.69, 9.17) is 4.42 Å². The SMILES string of the molecule is C/C=C\c1c(C)n(-c2cncnc2)c2cc(-c3oc4ccccc4c3-c3ccc(C4=C5C=CC=CC5C(c5cccc(-c6ccccc6)c5)c5ccccc54)c4ccccc34)ccc12. The van der Waals surface area contributed by atoms with Crippen LogP contribution in [-0.4, -0.2) is 14.5 Å². The normalized spacial score (nSPS) is 15.7. The van der Waals surface area contributed by atoms with E-state index in [1.165, 1.54) is 60.9 Å². The average molecular weight is 822 g/mol. The Morgan fingerprint density at radius 2 is 1.34 bits per heavy atom. The summed E-state index contributed by atoms with van der Waals surface area (Å²) in [5, 5.41) is 4.63. The zero-order chi connectivity index (χ0) is 42.7. The van der Waals surface area contributed by atoms with Crippen molar-refractivity contribution in [3.8, 4) is 39.3 Å². The van der Waals surface area contributed by atoms with Crippen LogP contribution < -0.4 is 0 Å². The van der Waals surface area contributed by atoms with Crippen molar-refractivity contribution in [1.82, 2.24) is 14.5 Å². The maximum atomic E-state index is 6.95. The van der Waals surface area contributed by atoms with Crippen molar-refractivity contribution in [1.29, 1.82) is 0 Å². The van der Waals surface area contributed by atoms with Gasteiger partial charge < -0.3 is 8.98 Å². The highest BCUT2D eigenvalue weighted by atomic mass is 16.3. The molecule has 304 valence electrons. The molecular weight excluding hydrogens is 779 g/mol. The Hall–Kier alpha value is -8.08. The largest absolute Gasteiger partial charge is 0.455 e. The first-order chi connectivity index (χ1) is 31.7. The Labute approximate surface area is 372 Å². The zero-order valence-electron chi connectivity index (χ0n) is 35.6. The highest BCUT2D eigenvalue weighted by Gasteiger charge is 2.36. The molecule has 0 bridgehead atoms. The maximum Gasteiger partial charge on any atom is 0.143 e. The lowest BCUT2D eigenvalue weighted by Gasteiger charge is -2.37. The second kappa shape index (κ2) is 15.4. The number of furan rings is 1. The summed E-state index contributed by atoms with van der Waals surface area (Å²) < 4.78 is 9.20. The molecule has 2 unspecified atom stereocenters. The smallest absolute Gasteiger partial charge is 0.143 e. The van der Waals surface area contributed by atoms with Gasteiger partial charge in [-0.25, -0.2) is 9.97 Å². The number of hydrogen-bond acceptors (Lipinski definition) is 3. The van der Waals surface area contributed by atoms with Crippen molar-refractivity contribution in [2.45, 2.75) is 19.8 Å². The molecule has 12 rings (SSSR count). The molecule has 64 heavy (non-hydrogen) atoms. The minimum atomic E-state index is 0.163. The molecule has 2 aliphatic rings. The molecule has 10 aromatic rings. The van der Waals surface area contributed by atoms with Crippen LogP contribution in [0, 0.1) is 12.8 Å². The molecule has 7 aromatic carbocycles. The zero-order valence-corrected chi connectivity index (χ0v) is 35.6. The third-order valence-corrected chi connectivity index (χ3v) is 13.3. The summed E-state index contributed by atoms with van der Waals surface area (Å²) >= 11 is 0. The fourth-order valence-corrected chi connectivity index (χ4v) is 10.6. The third-order valence-electron chi connectivity index (χ3n) is 13.3. The van der Waals surface area contributed by atoms with Crippen molar-refractivity contribution in [3.63, 3.8) is 0 Å². The number of hydrogen-bond donors (Lipinski definition) is 0. The monoisotopic (exact) mass is 821 g/mol. The minimum Gasteiger partial charge on any atom is -0.455 e. The number of aromatic nitrogens is 3. The van der Waals surface area contributed by atoms with Gasteiger partial charge in [0.1, 0.15) is 17.7 Å². The molecule has 0 N–H and O–H groups in total. The minimum absolute atomic E-state index is 0.163. The van der Waals surface area contributed by atoms with Crippen molar-refractivity contribution in [2.24, 2.45) is 5.92 Å². The molecule has 3 heterocycles. The molecular formula is C60H43N3O. The highest BCUT2D eigenvalue weighted by Crippen LogP contribution is 2.53. The predicted octanol–water partition coefficient (Wildman–Crippen LogP) is 15.4. The van der Waals surface area contributed by atoms with Gasteiger partial charge in [0, 0.05) is 45.0 Å². The van der Waals surface area contributed by atoms with Gasteiger partial charge in [0.2, 0.25) is 0 Å². The Morgan fingerprint density at radius 3 is 2.19 bits per heavy atom. The van der Waals surface area contributed by atoms with Gasteiger partial charge in [-0.1, -0.05) is 182 Å². The number of benzene rings is 7. The standard InChI is InChI=1S/C60H43N3O/c1-3-16-44-38(2)63(43-35-61-37-62-36-43)55-34-42(29-30-47(44)55)60-59(54-27-13-14-28-56(54)64-60)53-32-31-52(45-21-7-8-22-46(45)53)58-50-25-11-9-23-48(50)57(49-24-10-12-26-51(49)58)41-20-15-19-40(33-41)39-17-5-4-6-18-39/h3-37,48,57H,1-2H3/b16-3-. The number of para-hydroxylation sites is 1. The maximum absolute atomic E-state index is 6.95. The summed E-state index contributed by atoms with van der Waals surface area (Å²) in [4.78, 5) is 8.77. The van der Waals surface area contributed by atoms with Crippen LogP contribution in [0.1, 0.15) is 46.4 Å². The first-order valence-corrected chi connectivity index (χ1v) is 22.1. The van der Waals surface area contributed by atoms with E-state index in [9.17, 15) is 0 Å². The highest BCUT2D eigenvalue weighted by molar-refractivity contribution is 6.13. The number of fused-ring (bicyclic) bond motifs is 5. The Bertz CT molecular complexity index is 3580. The van der Waals surface area contributed by atoms with Gasteiger partial charge in [-0.05, 0) is 86.8 Å². The fourth-order valence-electron chi connectivity index (χ4n) is 10.6. The Morgan fingerprint density at radius 1 is 0.609 bits per heavy atom. The molecule has 0 saturated carbocycles. The lowest BCUT2D eigenvalue weighted by atomic mass is 9.66. The lowest BCUT2D eigenvalue weighted by molar-refractivity contribution is 0.632. The van der Waals surface area contributed by atoms with Crippen molar-refractivity contribution in [3.05, 3.63) is 246 Å². The van der Waals surface area contributed by atoms with Crippen LogP contribution in [0.25, 0.3) is 83.6 Å². The number of nitrogens with zero attached hydrogens (tertiary/aromatic N) is 3. The molecule has 3 aromatic heterocycles. The molecule has 2 aliphatic carbocycles. The molecule has 0 radical (unpaired) electrons. The molecule has 2 atom stereocenters. The van der Waals surface area contributed by atoms with Gasteiger partial charge in [0.25, 0.3) is 0 Å². The van der Waals surface area contributed by atoms with Crippen LogP contribution in [0.2, 0.25) is 0 Å².